The zero-order valence-electron chi connectivity index (χ0n) is 7.92. The summed E-state index contributed by atoms with van der Waals surface area (Å²) >= 11 is 11.3. The van der Waals surface area contributed by atoms with E-state index in [0.29, 0.717) is 10.8 Å². The van der Waals surface area contributed by atoms with Gasteiger partial charge in [-0.05, 0) is 18.2 Å². The Bertz CT molecular complexity index is 519. The molecule has 0 atom stereocenters. The molecule has 0 spiro atoms. The number of anilines is 2. The normalized spacial score (nSPS) is 10.2. The largest absolute Gasteiger partial charge is 0.337 e. The first-order chi connectivity index (χ1) is 7.65. The second-order valence-corrected chi connectivity index (χ2v) is 3.80. The highest BCUT2D eigenvalue weighted by atomic mass is 35.5. The second-order valence-electron chi connectivity index (χ2n) is 2.98. The van der Waals surface area contributed by atoms with Crippen LogP contribution < -0.4 is 5.32 Å². The van der Waals surface area contributed by atoms with Crippen molar-refractivity contribution >= 4 is 34.7 Å². The van der Waals surface area contributed by atoms with Gasteiger partial charge in [0, 0.05) is 5.02 Å². The number of benzene rings is 1. The number of nitrogens with one attached hydrogen (secondary N) is 1. The summed E-state index contributed by atoms with van der Waals surface area (Å²) in [6.07, 6.45) is 2.84. The molecule has 0 aliphatic rings. The summed E-state index contributed by atoms with van der Waals surface area (Å²) in [5.41, 5.74) is 0.265. The minimum absolute atomic E-state index is 0.236. The van der Waals surface area contributed by atoms with Gasteiger partial charge in [0.1, 0.15) is 11.0 Å². The van der Waals surface area contributed by atoms with Gasteiger partial charge in [-0.15, -0.1) is 0 Å². The molecule has 0 aliphatic heterocycles. The molecule has 3 nitrogen and oxygen atoms in total. The first-order valence-corrected chi connectivity index (χ1v) is 5.10. The predicted octanol–water partition coefficient (Wildman–Crippen LogP) is 3.67. The Labute approximate surface area is 101 Å². The van der Waals surface area contributed by atoms with Gasteiger partial charge in [0.2, 0.25) is 0 Å². The van der Waals surface area contributed by atoms with Crippen LogP contribution >= 0.6 is 23.2 Å². The molecule has 0 bridgehead atoms. The highest BCUT2D eigenvalue weighted by Gasteiger charge is 2.04. The van der Waals surface area contributed by atoms with Crippen LogP contribution in [0, 0.1) is 5.82 Å². The van der Waals surface area contributed by atoms with E-state index in [4.69, 9.17) is 23.2 Å². The van der Waals surface area contributed by atoms with Crippen molar-refractivity contribution in [2.24, 2.45) is 0 Å². The molecule has 1 heterocycles. The molecule has 1 aromatic heterocycles. The maximum Gasteiger partial charge on any atom is 0.150 e. The zero-order valence-corrected chi connectivity index (χ0v) is 9.43. The molecule has 2 aromatic rings. The van der Waals surface area contributed by atoms with Gasteiger partial charge in [-0.1, -0.05) is 23.2 Å². The summed E-state index contributed by atoms with van der Waals surface area (Å²) in [5, 5.41) is 3.32. The Morgan fingerprint density at radius 3 is 2.69 bits per heavy atom. The van der Waals surface area contributed by atoms with Crippen molar-refractivity contribution in [3.05, 3.63) is 46.6 Å². The predicted molar refractivity (Wildman–Crippen MR) is 61.7 cm³/mol. The van der Waals surface area contributed by atoms with E-state index >= 15 is 0 Å². The van der Waals surface area contributed by atoms with Crippen LogP contribution in [0.15, 0.2) is 30.6 Å². The van der Waals surface area contributed by atoms with Crippen molar-refractivity contribution in [3.63, 3.8) is 0 Å². The maximum atomic E-state index is 13.4. The fourth-order valence-electron chi connectivity index (χ4n) is 1.13. The average Bonchev–Trinajstić information content (AvgIpc) is 2.22. The summed E-state index contributed by atoms with van der Waals surface area (Å²) < 4.78 is 13.4. The van der Waals surface area contributed by atoms with Crippen LogP contribution in [-0.4, -0.2) is 9.97 Å². The first-order valence-electron chi connectivity index (χ1n) is 4.35. The van der Waals surface area contributed by atoms with Gasteiger partial charge in [-0.3, -0.25) is 4.98 Å². The van der Waals surface area contributed by atoms with Crippen LogP contribution in [0.1, 0.15) is 0 Å². The van der Waals surface area contributed by atoms with E-state index in [0.717, 1.165) is 0 Å². The fourth-order valence-corrected chi connectivity index (χ4v) is 1.44. The number of nitrogens with zero attached hydrogens (tertiary/aromatic N) is 2. The highest BCUT2D eigenvalue weighted by Crippen LogP contribution is 2.22. The number of aromatic nitrogens is 2. The Balaban J connectivity index is 2.27. The van der Waals surface area contributed by atoms with Gasteiger partial charge in [0.15, 0.2) is 5.82 Å². The standard InChI is InChI=1S/C10H6Cl2FN3/c11-6-1-2-8(7(13)3-6)15-10-5-14-4-9(12)16-10/h1-5H,(H,15,16). The van der Waals surface area contributed by atoms with Crippen molar-refractivity contribution in [2.75, 3.05) is 5.32 Å². The third kappa shape index (κ3) is 2.59. The highest BCUT2D eigenvalue weighted by molar-refractivity contribution is 6.30. The molecule has 82 valence electrons. The van der Waals surface area contributed by atoms with Crippen molar-refractivity contribution in [1.82, 2.24) is 9.97 Å². The number of rotatable bonds is 2. The molecule has 0 fully saturated rings. The van der Waals surface area contributed by atoms with Gasteiger partial charge in [-0.2, -0.15) is 0 Å². The Morgan fingerprint density at radius 1 is 1.19 bits per heavy atom. The topological polar surface area (TPSA) is 37.8 Å². The molecule has 16 heavy (non-hydrogen) atoms. The van der Waals surface area contributed by atoms with Crippen LogP contribution in [-0.2, 0) is 0 Å². The van der Waals surface area contributed by atoms with E-state index < -0.39 is 5.82 Å². The van der Waals surface area contributed by atoms with Crippen LogP contribution in [0.2, 0.25) is 10.2 Å². The smallest absolute Gasteiger partial charge is 0.150 e. The minimum atomic E-state index is -0.464. The lowest BCUT2D eigenvalue weighted by Crippen LogP contribution is -1.96. The third-order valence-corrected chi connectivity index (χ3v) is 2.22. The first kappa shape index (κ1) is 11.1. The lowest BCUT2D eigenvalue weighted by molar-refractivity contribution is 0.632. The SMILES string of the molecule is Fc1cc(Cl)ccc1Nc1cncc(Cl)n1. The molecule has 6 heteroatoms. The monoisotopic (exact) mass is 257 g/mol. The van der Waals surface area contributed by atoms with Crippen molar-refractivity contribution in [2.45, 2.75) is 0 Å². The fraction of sp³-hybridized carbons (Fsp3) is 0. The van der Waals surface area contributed by atoms with Crippen LogP contribution in [0.25, 0.3) is 0 Å². The van der Waals surface area contributed by atoms with Gasteiger partial charge >= 0.3 is 0 Å². The summed E-state index contributed by atoms with van der Waals surface area (Å²) in [4.78, 5) is 7.75. The lowest BCUT2D eigenvalue weighted by Gasteiger charge is -2.06. The summed E-state index contributed by atoms with van der Waals surface area (Å²) in [6.45, 7) is 0. The van der Waals surface area contributed by atoms with E-state index in [-0.39, 0.29) is 10.8 Å². The molecule has 0 radical (unpaired) electrons. The number of halogens is 3. The molecule has 1 N–H and O–H groups in total. The molecular formula is C10H6Cl2FN3. The van der Waals surface area contributed by atoms with E-state index in [1.807, 2.05) is 0 Å². The van der Waals surface area contributed by atoms with Gasteiger partial charge < -0.3 is 5.32 Å². The molecule has 0 saturated carbocycles. The lowest BCUT2D eigenvalue weighted by atomic mass is 10.3. The van der Waals surface area contributed by atoms with Gasteiger partial charge in [0.05, 0.1) is 18.1 Å². The minimum Gasteiger partial charge on any atom is -0.337 e. The number of hydrogen-bond acceptors (Lipinski definition) is 3. The molecular weight excluding hydrogens is 252 g/mol. The Morgan fingerprint density at radius 2 is 2.00 bits per heavy atom. The molecule has 0 saturated heterocycles. The quantitative estimate of drug-likeness (QED) is 0.893. The van der Waals surface area contributed by atoms with E-state index in [1.165, 1.54) is 24.5 Å². The van der Waals surface area contributed by atoms with Crippen LogP contribution in [0.3, 0.4) is 0 Å². The molecule has 0 aliphatic carbocycles. The molecule has 0 unspecified atom stereocenters. The van der Waals surface area contributed by atoms with Crippen molar-refractivity contribution < 1.29 is 4.39 Å². The Hall–Kier alpha value is -1.39. The van der Waals surface area contributed by atoms with Crippen LogP contribution in [0.4, 0.5) is 15.9 Å². The van der Waals surface area contributed by atoms with Gasteiger partial charge in [-0.25, -0.2) is 9.37 Å². The summed E-state index contributed by atoms with van der Waals surface area (Å²) in [7, 11) is 0. The molecule has 2 rings (SSSR count). The van der Waals surface area contributed by atoms with Crippen LogP contribution in [0.5, 0.6) is 0 Å². The van der Waals surface area contributed by atoms with Crippen molar-refractivity contribution in [3.8, 4) is 0 Å². The van der Waals surface area contributed by atoms with E-state index in [1.54, 1.807) is 6.07 Å². The maximum absolute atomic E-state index is 13.4. The van der Waals surface area contributed by atoms with E-state index in [2.05, 4.69) is 15.3 Å². The average molecular weight is 258 g/mol. The summed E-state index contributed by atoms with van der Waals surface area (Å²) in [5.74, 6) is -0.0944. The number of hydrogen-bond donors (Lipinski definition) is 1. The van der Waals surface area contributed by atoms with Gasteiger partial charge in [0.25, 0.3) is 0 Å². The third-order valence-electron chi connectivity index (χ3n) is 1.80. The molecule has 0 amide bonds. The zero-order chi connectivity index (χ0) is 11.5. The van der Waals surface area contributed by atoms with E-state index in [9.17, 15) is 4.39 Å². The Kier molecular flexibility index (Phi) is 3.22. The second kappa shape index (κ2) is 4.63. The van der Waals surface area contributed by atoms with Crippen molar-refractivity contribution in [1.29, 1.82) is 0 Å². The molecule has 1 aromatic carbocycles. The summed E-state index contributed by atoms with van der Waals surface area (Å²) in [6, 6.07) is 4.30.